The first-order chi connectivity index (χ1) is 14.2. The highest BCUT2D eigenvalue weighted by Crippen LogP contribution is 2.33. The molecule has 1 aromatic carbocycles. The van der Waals surface area contributed by atoms with E-state index < -0.39 is 17.4 Å². The maximum absolute atomic E-state index is 12.3. The van der Waals surface area contributed by atoms with E-state index in [1.165, 1.54) is 6.92 Å². The SMILES string of the molecule is CC/C=C/[C@H]1CCC(=O)[C@@H]1CC=C=CC([16OH])([16OH])C(C)(Oc1ccccc1)C(=O)OC. The van der Waals surface area contributed by atoms with Gasteiger partial charge in [0.1, 0.15) is 11.5 Å². The third-order valence-electron chi connectivity index (χ3n) is 5.39. The van der Waals surface area contributed by atoms with E-state index in [4.69, 9.17) is 9.47 Å². The van der Waals surface area contributed by atoms with Gasteiger partial charge in [0.25, 0.3) is 5.60 Å². The standard InChI is InChI=1S/C24H30O6/c1-4-5-11-18-15-16-21(25)20(18)14-9-10-17-24(27,28)23(2,22(26)29-3)30-19-12-7-6-8-13-19/h5-9,11-13,17-18,20,27-28H,4,14-16H2,1-3H3/b11-5+/t10?,18-,20+,23?/m0/s1/i27+0,28+0. The average molecular weight is 414 g/mol. The van der Waals surface area contributed by atoms with Gasteiger partial charge in [-0.3, -0.25) is 4.79 Å². The van der Waals surface area contributed by atoms with E-state index in [1.54, 1.807) is 36.4 Å². The number of carbonyl (C=O) groups is 2. The fraction of sp³-hybridized carbons (Fsp3) is 0.458. The number of aliphatic hydroxyl groups is 2. The smallest absolute Gasteiger partial charge is 0.356 e. The minimum absolute atomic E-state index is 0.145. The van der Waals surface area contributed by atoms with E-state index in [9.17, 15) is 19.8 Å². The maximum atomic E-state index is 12.3. The third-order valence-corrected chi connectivity index (χ3v) is 5.39. The van der Waals surface area contributed by atoms with Crippen LogP contribution in [0.1, 0.15) is 39.5 Å². The molecule has 0 aliphatic heterocycles. The Labute approximate surface area is 177 Å². The number of esters is 1. The lowest BCUT2D eigenvalue weighted by molar-refractivity contribution is -0.233. The van der Waals surface area contributed by atoms with Crippen molar-refractivity contribution in [3.8, 4) is 5.75 Å². The third kappa shape index (κ3) is 5.48. The number of para-hydroxylation sites is 1. The number of ether oxygens (including phenoxy) is 2. The zero-order chi connectivity index (χ0) is 22.2. The quantitative estimate of drug-likeness (QED) is 0.279. The highest BCUT2D eigenvalue weighted by molar-refractivity contribution is 5.84. The number of allylic oxidation sites excluding steroid dienone is 2. The largest absolute Gasteiger partial charge is 0.470 e. The Hall–Kier alpha value is -2.66. The van der Waals surface area contributed by atoms with Crippen molar-refractivity contribution in [1.29, 1.82) is 0 Å². The zero-order valence-corrected chi connectivity index (χ0v) is 17.7. The Morgan fingerprint density at radius 3 is 2.63 bits per heavy atom. The Balaban J connectivity index is 2.19. The van der Waals surface area contributed by atoms with Crippen molar-refractivity contribution in [2.75, 3.05) is 7.11 Å². The van der Waals surface area contributed by atoms with Crippen molar-refractivity contribution in [2.24, 2.45) is 11.8 Å². The van der Waals surface area contributed by atoms with Gasteiger partial charge in [0.2, 0.25) is 5.79 Å². The molecule has 2 rings (SSSR count). The lowest BCUT2D eigenvalue weighted by Crippen LogP contribution is -2.60. The summed E-state index contributed by atoms with van der Waals surface area (Å²) in [7, 11) is 1.14. The molecular formula is C24H30O6. The van der Waals surface area contributed by atoms with E-state index in [0.29, 0.717) is 12.8 Å². The first-order valence-corrected chi connectivity index (χ1v) is 10.1. The zero-order valence-electron chi connectivity index (χ0n) is 17.7. The summed E-state index contributed by atoms with van der Waals surface area (Å²) in [6, 6.07) is 8.34. The van der Waals surface area contributed by atoms with Crippen molar-refractivity contribution >= 4 is 11.8 Å². The maximum Gasteiger partial charge on any atom is 0.356 e. The van der Waals surface area contributed by atoms with Crippen LogP contribution < -0.4 is 4.74 Å². The van der Waals surface area contributed by atoms with Crippen LogP contribution in [0.2, 0.25) is 0 Å². The average Bonchev–Trinajstić information content (AvgIpc) is 3.08. The Bertz CT molecular complexity index is 819. The fourth-order valence-electron chi connectivity index (χ4n) is 3.48. The molecule has 1 aliphatic carbocycles. The van der Waals surface area contributed by atoms with Gasteiger partial charge in [0.15, 0.2) is 0 Å². The lowest BCUT2D eigenvalue weighted by atomic mass is 9.91. The summed E-state index contributed by atoms with van der Waals surface area (Å²) in [4.78, 5) is 24.5. The second kappa shape index (κ2) is 10.4. The normalized spacial score (nSPS) is 21.0. The fourth-order valence-corrected chi connectivity index (χ4v) is 3.48. The molecule has 1 aliphatic rings. The van der Waals surface area contributed by atoms with Crippen molar-refractivity contribution in [3.05, 3.63) is 60.4 Å². The molecule has 1 unspecified atom stereocenters. The van der Waals surface area contributed by atoms with E-state index in [2.05, 4.69) is 17.9 Å². The molecule has 0 saturated heterocycles. The molecular weight excluding hydrogens is 384 g/mol. The predicted molar refractivity (Wildman–Crippen MR) is 113 cm³/mol. The first kappa shape index (κ1) is 23.6. The topological polar surface area (TPSA) is 93.1 Å². The van der Waals surface area contributed by atoms with Crippen molar-refractivity contribution in [2.45, 2.75) is 50.9 Å². The number of rotatable bonds is 9. The number of methoxy groups -OCH3 is 1. The van der Waals surface area contributed by atoms with E-state index in [1.807, 2.05) is 6.92 Å². The molecule has 30 heavy (non-hydrogen) atoms. The Kier molecular flexibility index (Phi) is 8.18. The molecule has 1 fully saturated rings. The highest BCUT2D eigenvalue weighted by atomic mass is 16.6. The van der Waals surface area contributed by atoms with Crippen LogP contribution in [0, 0.1) is 11.8 Å². The van der Waals surface area contributed by atoms with Crippen LogP contribution >= 0.6 is 0 Å². The van der Waals surface area contributed by atoms with Crippen LogP contribution in [-0.4, -0.2) is 40.5 Å². The predicted octanol–water partition coefficient (Wildman–Crippen LogP) is 3.34. The molecule has 6 heteroatoms. The molecule has 0 spiro atoms. The number of benzene rings is 1. The molecule has 6 nitrogen and oxygen atoms in total. The minimum Gasteiger partial charge on any atom is -0.470 e. The van der Waals surface area contributed by atoms with Crippen LogP contribution in [0.4, 0.5) is 0 Å². The highest BCUT2D eigenvalue weighted by Gasteiger charge is 2.54. The van der Waals surface area contributed by atoms with Crippen LogP contribution in [0.15, 0.2) is 60.4 Å². The summed E-state index contributed by atoms with van der Waals surface area (Å²) in [5.41, 5.74) is 0.581. The molecule has 0 heterocycles. The summed E-state index contributed by atoms with van der Waals surface area (Å²) >= 11 is 0. The van der Waals surface area contributed by atoms with Crippen LogP contribution in [-0.2, 0) is 14.3 Å². The summed E-state index contributed by atoms with van der Waals surface area (Å²) in [6.07, 6.45) is 9.40. The number of hydrogen-bond donors (Lipinski definition) is 2. The molecule has 1 saturated carbocycles. The monoisotopic (exact) mass is 414 g/mol. The van der Waals surface area contributed by atoms with E-state index in [-0.39, 0.29) is 23.4 Å². The van der Waals surface area contributed by atoms with E-state index >= 15 is 0 Å². The number of ketones is 1. The van der Waals surface area contributed by atoms with Crippen molar-refractivity contribution in [3.63, 3.8) is 0 Å². The van der Waals surface area contributed by atoms with Gasteiger partial charge in [-0.25, -0.2) is 4.79 Å². The van der Waals surface area contributed by atoms with Gasteiger partial charge in [0.05, 0.1) is 7.11 Å². The number of hydrogen-bond acceptors (Lipinski definition) is 6. The van der Waals surface area contributed by atoms with Gasteiger partial charge in [-0.05, 0) is 50.3 Å². The van der Waals surface area contributed by atoms with Gasteiger partial charge in [0, 0.05) is 18.4 Å². The molecule has 0 bridgehead atoms. The first-order valence-electron chi connectivity index (χ1n) is 10.1. The van der Waals surface area contributed by atoms with Crippen LogP contribution in [0.5, 0.6) is 5.75 Å². The van der Waals surface area contributed by atoms with Gasteiger partial charge in [-0.1, -0.05) is 37.3 Å². The number of carbonyl (C=O) groups excluding carboxylic acids is 2. The van der Waals surface area contributed by atoms with Crippen LogP contribution in [0.3, 0.4) is 0 Å². The summed E-state index contributed by atoms with van der Waals surface area (Å²) in [5, 5.41) is 21.2. The molecule has 1 aromatic rings. The summed E-state index contributed by atoms with van der Waals surface area (Å²) in [6.45, 7) is 3.28. The van der Waals surface area contributed by atoms with Gasteiger partial charge >= 0.3 is 5.97 Å². The van der Waals surface area contributed by atoms with Gasteiger partial charge < -0.3 is 19.7 Å². The molecule has 0 radical (unpaired) electrons. The Morgan fingerprint density at radius 1 is 1.30 bits per heavy atom. The van der Waals surface area contributed by atoms with Gasteiger partial charge in [-0.2, -0.15) is 0 Å². The summed E-state index contributed by atoms with van der Waals surface area (Å²) < 4.78 is 10.3. The molecule has 0 amide bonds. The van der Waals surface area contributed by atoms with Gasteiger partial charge in [-0.15, -0.1) is 5.73 Å². The molecule has 3 atom stereocenters. The molecule has 2 N–H and O–H groups in total. The van der Waals surface area contributed by atoms with Crippen LogP contribution in [0.25, 0.3) is 0 Å². The molecule has 162 valence electrons. The number of Topliss-reactive ketones (excluding diaryl/α,β-unsaturated/α-hetero) is 1. The summed E-state index contributed by atoms with van der Waals surface area (Å²) in [5.74, 6) is -3.14. The molecule has 0 aromatic heterocycles. The Morgan fingerprint density at radius 2 is 2.00 bits per heavy atom. The second-order valence-electron chi connectivity index (χ2n) is 7.53. The second-order valence-corrected chi connectivity index (χ2v) is 7.53. The lowest BCUT2D eigenvalue weighted by Gasteiger charge is -2.36. The van der Waals surface area contributed by atoms with Crippen molar-refractivity contribution in [1.82, 2.24) is 0 Å². The minimum atomic E-state index is -2.70. The van der Waals surface area contributed by atoms with Crippen molar-refractivity contribution < 1.29 is 29.3 Å². The van der Waals surface area contributed by atoms with E-state index in [0.717, 1.165) is 26.0 Å².